The molecule has 2 aliphatic heterocycles. The van der Waals surface area contributed by atoms with Gasteiger partial charge in [0.1, 0.15) is 23.1 Å². The number of amides is 2. The average Bonchev–Trinajstić information content (AvgIpc) is 3.01. The highest BCUT2D eigenvalue weighted by Gasteiger charge is 2.55. The second-order valence-electron chi connectivity index (χ2n) is 12.1. The summed E-state index contributed by atoms with van der Waals surface area (Å²) >= 11 is 0. The van der Waals surface area contributed by atoms with Gasteiger partial charge in [-0.15, -0.1) is 12.4 Å². The zero-order chi connectivity index (χ0) is 29.7. The largest absolute Gasteiger partial charge is 0.478 e. The molecule has 9 nitrogen and oxygen atoms in total. The van der Waals surface area contributed by atoms with E-state index in [0.29, 0.717) is 44.0 Å². The molecule has 1 spiro atoms. The number of rotatable bonds is 10. The van der Waals surface area contributed by atoms with Crippen molar-refractivity contribution < 1.29 is 29.3 Å². The molecule has 0 bridgehead atoms. The van der Waals surface area contributed by atoms with Crippen LogP contribution >= 0.6 is 12.4 Å². The van der Waals surface area contributed by atoms with Crippen LogP contribution in [0.1, 0.15) is 80.6 Å². The molecule has 2 amide bonds. The molecule has 3 aliphatic rings. The zero-order valence-corrected chi connectivity index (χ0v) is 25.7. The summed E-state index contributed by atoms with van der Waals surface area (Å²) < 4.78 is 5.86. The fourth-order valence-electron chi connectivity index (χ4n) is 6.76. The third kappa shape index (κ3) is 7.33. The van der Waals surface area contributed by atoms with Crippen molar-refractivity contribution in [3.63, 3.8) is 0 Å². The molecule has 2 atom stereocenters. The Balaban J connectivity index is 0.00000423. The molecule has 1 aliphatic carbocycles. The number of aromatic carboxylic acids is 1. The number of carboxylic acids is 1. The number of carbonyl (C=O) groups excluding carboxylic acids is 2. The topological polar surface area (TPSA) is 119 Å². The van der Waals surface area contributed by atoms with Crippen LogP contribution < -0.4 is 10.1 Å². The monoisotopic (exact) mass is 613 g/mol. The van der Waals surface area contributed by atoms with Crippen LogP contribution in [-0.2, 0) is 16.1 Å². The van der Waals surface area contributed by atoms with E-state index in [2.05, 4.69) is 17.1 Å². The lowest BCUT2D eigenvalue weighted by atomic mass is 9.78. The molecule has 10 heteroatoms. The van der Waals surface area contributed by atoms with E-state index in [1.807, 2.05) is 29.2 Å². The number of aliphatic hydroxyl groups excluding tert-OH is 1. The minimum atomic E-state index is -0.975. The molecular formula is C33H44ClN3O6. The van der Waals surface area contributed by atoms with E-state index in [1.165, 1.54) is 18.6 Å². The van der Waals surface area contributed by atoms with Crippen LogP contribution in [0.5, 0.6) is 11.5 Å². The number of carboxylic acid groups (broad SMARTS) is 1. The van der Waals surface area contributed by atoms with Crippen molar-refractivity contribution in [1.82, 2.24) is 15.1 Å². The number of piperidine rings is 1. The summed E-state index contributed by atoms with van der Waals surface area (Å²) in [5.41, 5.74) is 0.461. The number of nitrogens with one attached hydrogen (secondary N) is 1. The highest BCUT2D eigenvalue weighted by Crippen LogP contribution is 2.36. The maximum Gasteiger partial charge on any atom is 0.335 e. The van der Waals surface area contributed by atoms with Gasteiger partial charge in [-0.25, -0.2) is 4.79 Å². The van der Waals surface area contributed by atoms with Crippen molar-refractivity contribution in [3.8, 4) is 11.5 Å². The number of likely N-dealkylation sites (tertiary alicyclic amines) is 1. The molecule has 1 unspecified atom stereocenters. The molecule has 3 N–H and O–H groups in total. The van der Waals surface area contributed by atoms with Crippen LogP contribution in [0.2, 0.25) is 0 Å². The van der Waals surface area contributed by atoms with Crippen LogP contribution in [-0.4, -0.2) is 75.1 Å². The first-order valence-electron chi connectivity index (χ1n) is 15.4. The third-order valence-corrected chi connectivity index (χ3v) is 9.32. The maximum atomic E-state index is 13.8. The Kier molecular flexibility index (Phi) is 11.1. The fraction of sp³-hybridized carbons (Fsp3) is 0.545. The molecule has 2 heterocycles. The molecule has 3 fully saturated rings. The van der Waals surface area contributed by atoms with Crippen LogP contribution in [0.15, 0.2) is 48.5 Å². The lowest BCUT2D eigenvalue weighted by Gasteiger charge is -2.52. The summed E-state index contributed by atoms with van der Waals surface area (Å²) in [7, 11) is 0. The van der Waals surface area contributed by atoms with Gasteiger partial charge < -0.3 is 25.2 Å². The first-order chi connectivity index (χ1) is 20.3. The van der Waals surface area contributed by atoms with Gasteiger partial charge in [-0.2, -0.15) is 0 Å². The number of aliphatic hydroxyl groups is 1. The maximum absolute atomic E-state index is 13.8. The molecule has 0 aromatic heterocycles. The van der Waals surface area contributed by atoms with Crippen LogP contribution in [0.4, 0.5) is 0 Å². The molecule has 234 valence electrons. The number of unbranched alkanes of at least 4 members (excludes halogenated alkanes) is 1. The first kappa shape index (κ1) is 32.8. The Morgan fingerprint density at radius 2 is 1.60 bits per heavy atom. The SMILES string of the molecule is CCCCN1C(=O)[C@@H](C(O)C2CCCCC2)NC(=O)C12CCN(Cc1ccc(Oc3ccc(C(=O)O)cc3)cc1)CC2.Cl. The fourth-order valence-corrected chi connectivity index (χ4v) is 6.76. The van der Waals surface area contributed by atoms with Gasteiger partial charge in [-0.05, 0) is 80.0 Å². The van der Waals surface area contributed by atoms with E-state index in [1.54, 1.807) is 12.1 Å². The first-order valence-corrected chi connectivity index (χ1v) is 15.4. The number of ether oxygens (including phenoxy) is 1. The molecule has 0 radical (unpaired) electrons. The number of hydrogen-bond donors (Lipinski definition) is 3. The third-order valence-electron chi connectivity index (χ3n) is 9.32. The van der Waals surface area contributed by atoms with Gasteiger partial charge >= 0.3 is 5.97 Å². The molecule has 2 aromatic rings. The second-order valence-corrected chi connectivity index (χ2v) is 12.1. The molecular weight excluding hydrogens is 570 g/mol. The van der Waals surface area contributed by atoms with Crippen LogP contribution in [0.3, 0.4) is 0 Å². The minimum absolute atomic E-state index is 0. The summed E-state index contributed by atoms with van der Waals surface area (Å²) in [5, 5.41) is 23.2. The van der Waals surface area contributed by atoms with Crippen molar-refractivity contribution in [2.24, 2.45) is 5.92 Å². The standard InChI is InChI=1S/C33H43N3O6.ClH/c1-2-3-19-36-30(38)28(29(37)24-7-5-4-6-8-24)34-32(41)33(36)17-20-35(21-18-33)22-23-9-13-26(14-10-23)42-27-15-11-25(12-16-27)31(39)40;/h9-16,24,28-29,37H,2-8,17-22H2,1H3,(H,34,41)(H,39,40);1H/t28-,29?;/m1./s1. The Morgan fingerprint density at radius 3 is 2.19 bits per heavy atom. The molecule has 1 saturated carbocycles. The Hall–Kier alpha value is -3.14. The zero-order valence-electron chi connectivity index (χ0n) is 24.9. The highest BCUT2D eigenvalue weighted by molar-refractivity contribution is 6.00. The van der Waals surface area contributed by atoms with Crippen molar-refractivity contribution in [3.05, 3.63) is 59.7 Å². The van der Waals surface area contributed by atoms with Crippen LogP contribution in [0.25, 0.3) is 0 Å². The number of piperazine rings is 1. The number of hydrogen-bond acceptors (Lipinski definition) is 6. The molecule has 43 heavy (non-hydrogen) atoms. The summed E-state index contributed by atoms with van der Waals surface area (Å²) in [5.74, 6) is 0.0741. The quantitative estimate of drug-likeness (QED) is 0.345. The predicted molar refractivity (Wildman–Crippen MR) is 166 cm³/mol. The van der Waals surface area contributed by atoms with Crippen molar-refractivity contribution in [2.45, 2.75) is 88.9 Å². The summed E-state index contributed by atoms with van der Waals surface area (Å²) in [4.78, 5) is 42.7. The van der Waals surface area contributed by atoms with Gasteiger partial charge in [-0.3, -0.25) is 14.5 Å². The minimum Gasteiger partial charge on any atom is -0.478 e. The normalized spacial score (nSPS) is 21.6. The van der Waals surface area contributed by atoms with E-state index in [0.717, 1.165) is 50.6 Å². The van der Waals surface area contributed by atoms with E-state index in [4.69, 9.17) is 9.84 Å². The molecule has 2 aromatic carbocycles. The predicted octanol–water partition coefficient (Wildman–Crippen LogP) is 5.00. The van der Waals surface area contributed by atoms with E-state index in [9.17, 15) is 19.5 Å². The summed E-state index contributed by atoms with van der Waals surface area (Å²) in [6.45, 7) is 4.72. The summed E-state index contributed by atoms with van der Waals surface area (Å²) in [6.07, 6.45) is 7.15. The smallest absolute Gasteiger partial charge is 0.335 e. The highest BCUT2D eigenvalue weighted by atomic mass is 35.5. The molecule has 2 saturated heterocycles. The average molecular weight is 614 g/mol. The Morgan fingerprint density at radius 1 is 1.00 bits per heavy atom. The van der Waals surface area contributed by atoms with E-state index in [-0.39, 0.29) is 35.7 Å². The van der Waals surface area contributed by atoms with Gasteiger partial charge in [0, 0.05) is 26.2 Å². The van der Waals surface area contributed by atoms with Crippen molar-refractivity contribution in [1.29, 1.82) is 0 Å². The Labute approximate surface area is 260 Å². The van der Waals surface area contributed by atoms with Gasteiger partial charge in [0.2, 0.25) is 11.8 Å². The van der Waals surface area contributed by atoms with Gasteiger partial charge in [0.15, 0.2) is 0 Å². The lowest BCUT2D eigenvalue weighted by molar-refractivity contribution is -0.166. The van der Waals surface area contributed by atoms with Gasteiger partial charge in [0.05, 0.1) is 11.7 Å². The second kappa shape index (κ2) is 14.6. The van der Waals surface area contributed by atoms with Crippen molar-refractivity contribution >= 4 is 30.2 Å². The van der Waals surface area contributed by atoms with Gasteiger partial charge in [-0.1, -0.05) is 44.7 Å². The molecule has 5 rings (SSSR count). The number of nitrogens with zero attached hydrogens (tertiary/aromatic N) is 2. The van der Waals surface area contributed by atoms with Gasteiger partial charge in [0.25, 0.3) is 0 Å². The van der Waals surface area contributed by atoms with Crippen LogP contribution in [0, 0.1) is 5.92 Å². The summed E-state index contributed by atoms with van der Waals surface area (Å²) in [6, 6.07) is 13.2. The number of carbonyl (C=O) groups is 3. The Bertz CT molecular complexity index is 1240. The van der Waals surface area contributed by atoms with E-state index >= 15 is 0 Å². The van der Waals surface area contributed by atoms with Crippen molar-refractivity contribution in [2.75, 3.05) is 19.6 Å². The lowest BCUT2D eigenvalue weighted by Crippen LogP contribution is -2.75. The number of halogens is 1. The number of benzene rings is 2. The van der Waals surface area contributed by atoms with E-state index < -0.39 is 23.7 Å².